The zero-order chi connectivity index (χ0) is 20.3. The number of amides is 1. The number of aryl methyl sites for hydroxylation is 1. The molecule has 1 aromatic heterocycles. The number of aromatic amines is 1. The van der Waals surface area contributed by atoms with E-state index in [1.165, 1.54) is 6.07 Å². The van der Waals surface area contributed by atoms with Crippen LogP contribution in [0.5, 0.6) is 0 Å². The third-order valence-electron chi connectivity index (χ3n) is 5.42. The van der Waals surface area contributed by atoms with Crippen LogP contribution < -0.4 is 0 Å². The van der Waals surface area contributed by atoms with Crippen LogP contribution in [0, 0.1) is 12.7 Å². The zero-order valence-corrected chi connectivity index (χ0v) is 17.0. The monoisotopic (exact) mass is 388 g/mol. The van der Waals surface area contributed by atoms with Crippen molar-refractivity contribution < 1.29 is 13.9 Å². The topological polar surface area (TPSA) is 61.5 Å². The summed E-state index contributed by atoms with van der Waals surface area (Å²) in [5.74, 6) is -0.297. The summed E-state index contributed by atoms with van der Waals surface area (Å²) in [6.07, 6.45) is 0.986. The van der Waals surface area contributed by atoms with Gasteiger partial charge in [-0.15, -0.1) is 0 Å². The Balaban J connectivity index is 1.68. The third kappa shape index (κ3) is 4.42. The number of piperazine rings is 1. The van der Waals surface area contributed by atoms with Gasteiger partial charge in [-0.25, -0.2) is 4.39 Å². The number of rotatable bonds is 6. The highest BCUT2D eigenvalue weighted by Gasteiger charge is 2.32. The number of halogens is 1. The molecule has 0 saturated carbocycles. The molecular formula is C21H29FN4O2. The molecule has 6 nitrogen and oxygen atoms in total. The SMILES string of the molecule is COCCCN1C(C)CN(C(=O)c2cc(-c3ccc(F)c(C)c3)n[nH]2)CC1C. The van der Waals surface area contributed by atoms with Gasteiger partial charge in [0.25, 0.3) is 5.91 Å². The Morgan fingerprint density at radius 1 is 1.29 bits per heavy atom. The molecule has 2 unspecified atom stereocenters. The second-order valence-electron chi connectivity index (χ2n) is 7.62. The highest BCUT2D eigenvalue weighted by atomic mass is 19.1. The van der Waals surface area contributed by atoms with Gasteiger partial charge in [0.2, 0.25) is 0 Å². The highest BCUT2D eigenvalue weighted by Crippen LogP contribution is 2.22. The van der Waals surface area contributed by atoms with Crippen LogP contribution in [0.25, 0.3) is 11.3 Å². The van der Waals surface area contributed by atoms with Gasteiger partial charge in [-0.2, -0.15) is 5.10 Å². The van der Waals surface area contributed by atoms with Crippen molar-refractivity contribution in [2.45, 2.75) is 39.3 Å². The first-order valence-corrected chi connectivity index (χ1v) is 9.76. The molecule has 2 heterocycles. The van der Waals surface area contributed by atoms with Gasteiger partial charge in [0.15, 0.2) is 0 Å². The first-order valence-electron chi connectivity index (χ1n) is 9.76. The number of ether oxygens (including phenoxy) is 1. The molecule has 0 bridgehead atoms. The number of methoxy groups -OCH3 is 1. The molecule has 1 fully saturated rings. The van der Waals surface area contributed by atoms with Crippen molar-refractivity contribution in [2.24, 2.45) is 0 Å². The van der Waals surface area contributed by atoms with Gasteiger partial charge in [-0.05, 0) is 57.0 Å². The Hall–Kier alpha value is -2.25. The molecule has 0 spiro atoms. The van der Waals surface area contributed by atoms with E-state index < -0.39 is 0 Å². The summed E-state index contributed by atoms with van der Waals surface area (Å²) in [4.78, 5) is 17.3. The molecule has 1 aliphatic heterocycles. The summed E-state index contributed by atoms with van der Waals surface area (Å²) in [6.45, 7) is 9.10. The lowest BCUT2D eigenvalue weighted by molar-refractivity contribution is 0.0267. The van der Waals surface area contributed by atoms with Crippen molar-refractivity contribution >= 4 is 5.91 Å². The van der Waals surface area contributed by atoms with E-state index in [-0.39, 0.29) is 23.8 Å². The summed E-state index contributed by atoms with van der Waals surface area (Å²) >= 11 is 0. The molecule has 1 amide bonds. The summed E-state index contributed by atoms with van der Waals surface area (Å²) in [5.41, 5.74) is 2.45. The van der Waals surface area contributed by atoms with Gasteiger partial charge in [-0.1, -0.05) is 0 Å². The number of aromatic nitrogens is 2. The summed E-state index contributed by atoms with van der Waals surface area (Å²) in [7, 11) is 1.72. The molecule has 28 heavy (non-hydrogen) atoms. The maximum atomic E-state index is 13.5. The van der Waals surface area contributed by atoms with Crippen LogP contribution in [0.4, 0.5) is 4.39 Å². The quantitative estimate of drug-likeness (QED) is 0.773. The van der Waals surface area contributed by atoms with Crippen molar-refractivity contribution in [1.29, 1.82) is 0 Å². The molecule has 1 aliphatic rings. The standard InChI is InChI=1S/C21H29FN4O2/c1-14-10-17(6-7-18(14)22)19-11-20(24-23-19)21(27)25-12-15(2)26(16(3)13-25)8-5-9-28-4/h6-7,10-11,15-16H,5,8-9,12-13H2,1-4H3,(H,23,24). The number of benzene rings is 1. The average molecular weight is 388 g/mol. The fourth-order valence-corrected chi connectivity index (χ4v) is 3.91. The number of H-pyrrole nitrogens is 1. The molecule has 152 valence electrons. The normalized spacial score (nSPS) is 20.5. The van der Waals surface area contributed by atoms with E-state index in [2.05, 4.69) is 28.9 Å². The molecule has 1 saturated heterocycles. The molecule has 1 N–H and O–H groups in total. The third-order valence-corrected chi connectivity index (χ3v) is 5.42. The minimum absolute atomic E-state index is 0.0483. The van der Waals surface area contributed by atoms with Gasteiger partial charge in [-0.3, -0.25) is 14.8 Å². The van der Waals surface area contributed by atoms with Crippen molar-refractivity contribution in [3.05, 3.63) is 41.3 Å². The van der Waals surface area contributed by atoms with Crippen molar-refractivity contribution in [3.8, 4) is 11.3 Å². The molecule has 1 aromatic carbocycles. The minimum atomic E-state index is -0.248. The van der Waals surface area contributed by atoms with Gasteiger partial charge in [0.1, 0.15) is 11.5 Å². The predicted molar refractivity (Wildman–Crippen MR) is 107 cm³/mol. The molecule has 0 aliphatic carbocycles. The van der Waals surface area contributed by atoms with Crippen LogP contribution in [0.1, 0.15) is 36.3 Å². The van der Waals surface area contributed by atoms with E-state index >= 15 is 0 Å². The lowest BCUT2D eigenvalue weighted by Crippen LogP contribution is -2.58. The molecule has 3 rings (SSSR count). The van der Waals surface area contributed by atoms with E-state index in [0.29, 0.717) is 30.0 Å². The average Bonchev–Trinajstić information content (AvgIpc) is 3.15. The number of carbonyl (C=O) groups excluding carboxylic acids is 1. The van der Waals surface area contributed by atoms with Crippen molar-refractivity contribution in [3.63, 3.8) is 0 Å². The van der Waals surface area contributed by atoms with E-state index in [1.54, 1.807) is 32.2 Å². The lowest BCUT2D eigenvalue weighted by atomic mass is 10.1. The zero-order valence-electron chi connectivity index (χ0n) is 17.0. The van der Waals surface area contributed by atoms with E-state index in [1.807, 2.05) is 4.90 Å². The van der Waals surface area contributed by atoms with Crippen LogP contribution >= 0.6 is 0 Å². The number of hydrogen-bond donors (Lipinski definition) is 1. The Labute approximate surface area is 165 Å². The highest BCUT2D eigenvalue weighted by molar-refractivity contribution is 5.93. The lowest BCUT2D eigenvalue weighted by Gasteiger charge is -2.44. The number of carbonyl (C=O) groups is 1. The Morgan fingerprint density at radius 2 is 2.00 bits per heavy atom. The largest absolute Gasteiger partial charge is 0.385 e. The minimum Gasteiger partial charge on any atom is -0.385 e. The fraction of sp³-hybridized carbons (Fsp3) is 0.524. The Bertz CT molecular complexity index is 810. The molecule has 7 heteroatoms. The Morgan fingerprint density at radius 3 is 2.64 bits per heavy atom. The molecular weight excluding hydrogens is 359 g/mol. The Kier molecular flexibility index (Phi) is 6.46. The second-order valence-corrected chi connectivity index (χ2v) is 7.62. The molecule has 2 atom stereocenters. The number of nitrogens with zero attached hydrogens (tertiary/aromatic N) is 3. The van der Waals surface area contributed by atoms with Crippen LogP contribution in [0.2, 0.25) is 0 Å². The number of hydrogen-bond acceptors (Lipinski definition) is 4. The molecule has 0 radical (unpaired) electrons. The van der Waals surface area contributed by atoms with Gasteiger partial charge in [0.05, 0.1) is 5.69 Å². The van der Waals surface area contributed by atoms with E-state index in [4.69, 9.17) is 4.74 Å². The summed E-state index contributed by atoms with van der Waals surface area (Å²) < 4.78 is 18.6. The maximum Gasteiger partial charge on any atom is 0.271 e. The smallest absolute Gasteiger partial charge is 0.271 e. The predicted octanol–water partition coefficient (Wildman–Crippen LogP) is 3.10. The van der Waals surface area contributed by atoms with E-state index in [9.17, 15) is 9.18 Å². The summed E-state index contributed by atoms with van der Waals surface area (Å²) in [5, 5.41) is 7.11. The molecule has 2 aromatic rings. The van der Waals surface area contributed by atoms with Crippen LogP contribution in [0.15, 0.2) is 24.3 Å². The van der Waals surface area contributed by atoms with Gasteiger partial charge in [0, 0.05) is 51.0 Å². The summed E-state index contributed by atoms with van der Waals surface area (Å²) in [6, 6.07) is 7.15. The fourth-order valence-electron chi connectivity index (χ4n) is 3.91. The van der Waals surface area contributed by atoms with E-state index in [0.717, 1.165) is 25.1 Å². The maximum absolute atomic E-state index is 13.5. The van der Waals surface area contributed by atoms with Gasteiger partial charge < -0.3 is 9.64 Å². The van der Waals surface area contributed by atoms with Crippen LogP contribution in [-0.2, 0) is 4.74 Å². The first-order chi connectivity index (χ1) is 13.4. The van der Waals surface area contributed by atoms with Crippen molar-refractivity contribution in [2.75, 3.05) is 33.4 Å². The van der Waals surface area contributed by atoms with Gasteiger partial charge >= 0.3 is 0 Å². The second kappa shape index (κ2) is 8.84. The number of nitrogens with one attached hydrogen (secondary N) is 1. The van der Waals surface area contributed by atoms with Crippen LogP contribution in [-0.4, -0.2) is 71.3 Å². The first kappa shape index (κ1) is 20.5. The van der Waals surface area contributed by atoms with Crippen LogP contribution in [0.3, 0.4) is 0 Å². The van der Waals surface area contributed by atoms with Crippen molar-refractivity contribution in [1.82, 2.24) is 20.0 Å².